The quantitative estimate of drug-likeness (QED) is 0.677. The van der Waals surface area contributed by atoms with E-state index in [9.17, 15) is 14.9 Å². The molecule has 6 nitrogen and oxygen atoms in total. The van der Waals surface area contributed by atoms with Gasteiger partial charge in [0, 0.05) is 18.7 Å². The average Bonchev–Trinajstić information content (AvgIpc) is 2.79. The second kappa shape index (κ2) is 5.54. The Morgan fingerprint density at radius 1 is 1.58 bits per heavy atom. The number of nitro groups is 1. The van der Waals surface area contributed by atoms with E-state index < -0.39 is 16.9 Å². The smallest absolute Gasteiger partial charge is 0.320 e. The van der Waals surface area contributed by atoms with Crippen molar-refractivity contribution < 1.29 is 14.8 Å². The molecule has 1 aromatic rings. The van der Waals surface area contributed by atoms with Crippen LogP contribution >= 0.6 is 11.6 Å². The van der Waals surface area contributed by atoms with Crippen LogP contribution in [0.3, 0.4) is 0 Å². The van der Waals surface area contributed by atoms with Crippen molar-refractivity contribution in [3.63, 3.8) is 0 Å². The van der Waals surface area contributed by atoms with E-state index in [-0.39, 0.29) is 5.69 Å². The zero-order valence-corrected chi connectivity index (χ0v) is 10.8. The van der Waals surface area contributed by atoms with Crippen LogP contribution in [0.1, 0.15) is 18.4 Å². The Kier molecular flexibility index (Phi) is 4.01. The number of benzene rings is 1. The molecule has 1 saturated heterocycles. The topological polar surface area (TPSA) is 83.7 Å². The largest absolute Gasteiger partial charge is 0.480 e. The minimum atomic E-state index is -0.837. The fraction of sp³-hybridized carbons (Fsp3) is 0.417. The number of hydrogen-bond donors (Lipinski definition) is 1. The lowest BCUT2D eigenvalue weighted by atomic mass is 10.1. The fourth-order valence-corrected chi connectivity index (χ4v) is 2.53. The Morgan fingerprint density at radius 3 is 2.89 bits per heavy atom. The Bertz CT molecular complexity index is 520. The predicted octanol–water partition coefficient (Wildman–Crippen LogP) is 2.30. The van der Waals surface area contributed by atoms with E-state index in [1.807, 2.05) is 4.90 Å². The molecule has 1 aliphatic rings. The monoisotopic (exact) mass is 284 g/mol. The SMILES string of the molecule is O=C(O)[C@H]1CCCN1Cc1ccc([N+](=O)[O-])cc1Cl. The molecule has 1 fully saturated rings. The molecule has 0 amide bonds. The van der Waals surface area contributed by atoms with Crippen LogP contribution < -0.4 is 0 Å². The number of halogens is 1. The number of aliphatic carboxylic acids is 1. The summed E-state index contributed by atoms with van der Waals surface area (Å²) in [7, 11) is 0. The molecule has 19 heavy (non-hydrogen) atoms. The van der Waals surface area contributed by atoms with E-state index in [2.05, 4.69) is 0 Å². The van der Waals surface area contributed by atoms with Crippen molar-refractivity contribution >= 4 is 23.3 Å². The molecule has 0 saturated carbocycles. The van der Waals surface area contributed by atoms with Gasteiger partial charge in [-0.1, -0.05) is 11.6 Å². The molecule has 0 aliphatic carbocycles. The highest BCUT2D eigenvalue weighted by Crippen LogP contribution is 2.26. The maximum atomic E-state index is 11.1. The molecule has 2 rings (SSSR count). The van der Waals surface area contributed by atoms with Crippen molar-refractivity contribution in [3.05, 3.63) is 38.9 Å². The van der Waals surface area contributed by atoms with Crippen LogP contribution in [0, 0.1) is 10.1 Å². The number of non-ortho nitro benzene ring substituents is 1. The first-order valence-corrected chi connectivity index (χ1v) is 6.26. The van der Waals surface area contributed by atoms with E-state index in [1.54, 1.807) is 6.07 Å². The molecule has 1 aliphatic heterocycles. The lowest BCUT2D eigenvalue weighted by Gasteiger charge is -2.21. The standard InChI is InChI=1S/C12H13ClN2O4/c13-10-6-9(15(18)19)4-3-8(10)7-14-5-1-2-11(14)12(16)17/h3-4,6,11H,1-2,5,7H2,(H,16,17)/t11-/m1/s1. The van der Waals surface area contributed by atoms with E-state index in [0.717, 1.165) is 6.42 Å². The number of nitro benzene ring substituents is 1. The second-order valence-corrected chi connectivity index (χ2v) is 4.91. The van der Waals surface area contributed by atoms with Crippen LogP contribution in [0.2, 0.25) is 5.02 Å². The molecule has 1 atom stereocenters. The van der Waals surface area contributed by atoms with E-state index in [4.69, 9.17) is 16.7 Å². The summed E-state index contributed by atoms with van der Waals surface area (Å²) in [6, 6.07) is 3.76. The molecule has 0 spiro atoms. The number of rotatable bonds is 4. The highest BCUT2D eigenvalue weighted by molar-refractivity contribution is 6.31. The summed E-state index contributed by atoms with van der Waals surface area (Å²) in [4.78, 5) is 23.0. The van der Waals surface area contributed by atoms with Gasteiger partial charge in [-0.2, -0.15) is 0 Å². The van der Waals surface area contributed by atoms with Crippen molar-refractivity contribution in [3.8, 4) is 0 Å². The Balaban J connectivity index is 2.15. The van der Waals surface area contributed by atoms with E-state index in [0.29, 0.717) is 30.1 Å². The summed E-state index contributed by atoms with van der Waals surface area (Å²) >= 11 is 6.00. The maximum absolute atomic E-state index is 11.1. The molecule has 0 bridgehead atoms. The first-order chi connectivity index (χ1) is 8.99. The van der Waals surface area contributed by atoms with Gasteiger partial charge in [0.1, 0.15) is 6.04 Å². The fourth-order valence-electron chi connectivity index (χ4n) is 2.29. The van der Waals surface area contributed by atoms with Gasteiger partial charge >= 0.3 is 5.97 Å². The first-order valence-electron chi connectivity index (χ1n) is 5.88. The van der Waals surface area contributed by atoms with Crippen molar-refractivity contribution in [2.45, 2.75) is 25.4 Å². The summed E-state index contributed by atoms with van der Waals surface area (Å²) in [6.07, 6.45) is 1.46. The van der Waals surface area contributed by atoms with Gasteiger partial charge in [-0.3, -0.25) is 19.8 Å². The summed E-state index contributed by atoms with van der Waals surface area (Å²) in [5.41, 5.74) is 0.644. The molecule has 7 heteroatoms. The lowest BCUT2D eigenvalue weighted by molar-refractivity contribution is -0.384. The molecule has 0 unspecified atom stereocenters. The molecular formula is C12H13ClN2O4. The summed E-state index contributed by atoms with van der Waals surface area (Å²) < 4.78 is 0. The van der Waals surface area contributed by atoms with Gasteiger partial charge in [-0.15, -0.1) is 0 Å². The third-order valence-corrected chi connectivity index (χ3v) is 3.62. The van der Waals surface area contributed by atoms with Gasteiger partial charge in [0.05, 0.1) is 9.95 Å². The van der Waals surface area contributed by atoms with Gasteiger partial charge < -0.3 is 5.11 Å². The van der Waals surface area contributed by atoms with Crippen LogP contribution in [-0.2, 0) is 11.3 Å². The number of carboxylic acids is 1. The van der Waals surface area contributed by atoms with Crippen molar-refractivity contribution in [2.24, 2.45) is 0 Å². The molecule has 0 radical (unpaired) electrons. The number of carbonyl (C=O) groups is 1. The predicted molar refractivity (Wildman–Crippen MR) is 69.2 cm³/mol. The van der Waals surface area contributed by atoms with Crippen LogP contribution in [-0.4, -0.2) is 33.5 Å². The van der Waals surface area contributed by atoms with Gasteiger partial charge in [0.2, 0.25) is 0 Å². The zero-order valence-electron chi connectivity index (χ0n) is 10.1. The zero-order chi connectivity index (χ0) is 14.0. The number of likely N-dealkylation sites (tertiary alicyclic amines) is 1. The molecule has 0 aromatic heterocycles. The molecular weight excluding hydrogens is 272 g/mol. The van der Waals surface area contributed by atoms with Crippen LogP contribution in [0.5, 0.6) is 0 Å². The minimum Gasteiger partial charge on any atom is -0.480 e. The summed E-state index contributed by atoms with van der Waals surface area (Å²) in [5, 5.41) is 20.0. The number of nitrogens with zero attached hydrogens (tertiary/aromatic N) is 2. The Hall–Kier alpha value is -1.66. The van der Waals surface area contributed by atoms with Crippen LogP contribution in [0.15, 0.2) is 18.2 Å². The third kappa shape index (κ3) is 3.02. The molecule has 1 aromatic carbocycles. The molecule has 1 N–H and O–H groups in total. The van der Waals surface area contributed by atoms with Crippen molar-refractivity contribution in [2.75, 3.05) is 6.54 Å². The second-order valence-electron chi connectivity index (χ2n) is 4.50. The van der Waals surface area contributed by atoms with Crippen LogP contribution in [0.25, 0.3) is 0 Å². The number of hydrogen-bond acceptors (Lipinski definition) is 4. The van der Waals surface area contributed by atoms with Crippen molar-refractivity contribution in [1.29, 1.82) is 0 Å². The van der Waals surface area contributed by atoms with Gasteiger partial charge in [-0.05, 0) is 31.0 Å². The summed E-state index contributed by atoms with van der Waals surface area (Å²) in [5.74, 6) is -0.837. The minimum absolute atomic E-state index is 0.0649. The summed E-state index contributed by atoms with van der Waals surface area (Å²) in [6.45, 7) is 1.10. The normalized spacial score (nSPS) is 19.5. The average molecular weight is 285 g/mol. The van der Waals surface area contributed by atoms with Gasteiger partial charge in [0.25, 0.3) is 5.69 Å². The van der Waals surface area contributed by atoms with E-state index >= 15 is 0 Å². The molecule has 1 heterocycles. The maximum Gasteiger partial charge on any atom is 0.320 e. The third-order valence-electron chi connectivity index (χ3n) is 3.27. The Labute approximate surface area is 114 Å². The van der Waals surface area contributed by atoms with Crippen molar-refractivity contribution in [1.82, 2.24) is 4.90 Å². The highest BCUT2D eigenvalue weighted by Gasteiger charge is 2.30. The van der Waals surface area contributed by atoms with Gasteiger partial charge in [-0.25, -0.2) is 0 Å². The van der Waals surface area contributed by atoms with Crippen LogP contribution in [0.4, 0.5) is 5.69 Å². The van der Waals surface area contributed by atoms with Gasteiger partial charge in [0.15, 0.2) is 0 Å². The highest BCUT2D eigenvalue weighted by atomic mass is 35.5. The Morgan fingerprint density at radius 2 is 2.32 bits per heavy atom. The first kappa shape index (κ1) is 13.8. The lowest BCUT2D eigenvalue weighted by Crippen LogP contribution is -2.35. The number of carboxylic acid groups (broad SMARTS) is 1. The van der Waals surface area contributed by atoms with E-state index in [1.165, 1.54) is 12.1 Å². The molecule has 102 valence electrons.